The van der Waals surface area contributed by atoms with E-state index in [-0.39, 0.29) is 5.91 Å². The number of aromatic nitrogens is 1. The first-order valence-electron chi connectivity index (χ1n) is 7.90. The number of carbonyl (C=O) groups excluding carboxylic acids is 2. The monoisotopic (exact) mass is 413 g/mol. The van der Waals surface area contributed by atoms with E-state index in [1.165, 1.54) is 0 Å². The molecule has 1 fully saturated rings. The van der Waals surface area contributed by atoms with Gasteiger partial charge in [0, 0.05) is 6.17 Å². The van der Waals surface area contributed by atoms with Gasteiger partial charge in [-0.2, -0.15) is 0 Å². The highest BCUT2D eigenvalue weighted by Crippen LogP contribution is 2.29. The molecule has 1 aliphatic rings. The summed E-state index contributed by atoms with van der Waals surface area (Å²) < 4.78 is 6.11. The number of halogens is 1. The molecule has 0 radical (unpaired) electrons. The van der Waals surface area contributed by atoms with Crippen LogP contribution >= 0.6 is 15.9 Å². The van der Waals surface area contributed by atoms with Crippen molar-refractivity contribution >= 4 is 41.8 Å². The number of amides is 2. The summed E-state index contributed by atoms with van der Waals surface area (Å²) in [5.74, 6) is 0.245. The minimum atomic E-state index is -1.66. The van der Waals surface area contributed by atoms with Crippen LogP contribution in [-0.4, -0.2) is 47.8 Å². The van der Waals surface area contributed by atoms with Crippen molar-refractivity contribution in [1.82, 2.24) is 9.88 Å². The number of anilines is 1. The topological polar surface area (TPSA) is 71.5 Å². The second-order valence-corrected chi connectivity index (χ2v) is 13.7. The number of rotatable bonds is 2. The van der Waals surface area contributed by atoms with Gasteiger partial charge in [-0.1, -0.05) is 19.2 Å². The quantitative estimate of drug-likeness (QED) is 0.593. The maximum atomic E-state index is 12.7. The van der Waals surface area contributed by atoms with E-state index in [9.17, 15) is 9.59 Å². The molecule has 1 saturated heterocycles. The molecule has 1 aromatic heterocycles. The lowest BCUT2D eigenvalue weighted by molar-refractivity contribution is -0.120. The zero-order valence-electron chi connectivity index (χ0n) is 14.7. The van der Waals surface area contributed by atoms with Crippen LogP contribution in [0, 0.1) is 0 Å². The normalized spacial score (nSPS) is 19.9. The Kier molecular flexibility index (Phi) is 5.39. The minimum absolute atomic E-state index is 0.218. The summed E-state index contributed by atoms with van der Waals surface area (Å²) in [7, 11) is -1.66. The molecule has 8 heteroatoms. The number of carbonyl (C=O) groups is 2. The highest BCUT2D eigenvalue weighted by Gasteiger charge is 2.46. The molecule has 0 spiro atoms. The van der Waals surface area contributed by atoms with E-state index in [4.69, 9.17) is 4.74 Å². The molecule has 0 aromatic carbocycles. The number of nitrogens with zero attached hydrogens (tertiary/aromatic N) is 2. The van der Waals surface area contributed by atoms with E-state index < -0.39 is 25.8 Å². The Hall–Kier alpha value is -1.41. The van der Waals surface area contributed by atoms with Crippen LogP contribution in [0.25, 0.3) is 0 Å². The number of ether oxygens (including phenoxy) is 1. The van der Waals surface area contributed by atoms with Crippen LogP contribution in [0.5, 0.6) is 0 Å². The number of pyridine rings is 1. The van der Waals surface area contributed by atoms with E-state index in [0.717, 1.165) is 0 Å². The summed E-state index contributed by atoms with van der Waals surface area (Å²) in [4.78, 5) is 31.0. The van der Waals surface area contributed by atoms with Crippen LogP contribution < -0.4 is 5.32 Å². The maximum Gasteiger partial charge on any atom is 0.410 e. The SMILES string of the molecule is CC(C)(C)OC(=O)N1C[Si](C)(C)CC1C(=O)Nc1cccc(Br)n1. The van der Waals surface area contributed by atoms with Crippen molar-refractivity contribution in [1.29, 1.82) is 0 Å². The largest absolute Gasteiger partial charge is 0.444 e. The molecule has 6 nitrogen and oxygen atoms in total. The lowest BCUT2D eigenvalue weighted by atomic mass is 10.2. The Balaban J connectivity index is 2.15. The highest BCUT2D eigenvalue weighted by molar-refractivity contribution is 9.10. The zero-order chi connectivity index (χ0) is 18.1. The van der Waals surface area contributed by atoms with Crippen molar-refractivity contribution in [2.24, 2.45) is 0 Å². The number of hydrogen-bond acceptors (Lipinski definition) is 4. The summed E-state index contributed by atoms with van der Waals surface area (Å²) in [5, 5.41) is 2.80. The van der Waals surface area contributed by atoms with Gasteiger partial charge in [0.25, 0.3) is 0 Å². The van der Waals surface area contributed by atoms with Gasteiger partial charge in [0.1, 0.15) is 22.1 Å². The van der Waals surface area contributed by atoms with E-state index >= 15 is 0 Å². The fraction of sp³-hybridized carbons (Fsp3) is 0.562. The average Bonchev–Trinajstić information content (AvgIpc) is 2.73. The van der Waals surface area contributed by atoms with Gasteiger partial charge in [-0.25, -0.2) is 9.78 Å². The van der Waals surface area contributed by atoms with Crippen molar-refractivity contribution in [3.63, 3.8) is 0 Å². The summed E-state index contributed by atoms with van der Waals surface area (Å²) in [6.07, 6.45) is 0.189. The Bertz CT molecular complexity index is 646. The van der Waals surface area contributed by atoms with Gasteiger partial charge in [0.15, 0.2) is 0 Å². The molecule has 1 aliphatic heterocycles. The molecule has 0 saturated carbocycles. The van der Waals surface area contributed by atoms with Gasteiger partial charge in [0.05, 0.1) is 8.07 Å². The molecule has 24 heavy (non-hydrogen) atoms. The van der Waals surface area contributed by atoms with E-state index in [2.05, 4.69) is 39.3 Å². The van der Waals surface area contributed by atoms with Crippen molar-refractivity contribution in [2.75, 3.05) is 11.5 Å². The third-order valence-corrected chi connectivity index (χ3v) is 6.75. The zero-order valence-corrected chi connectivity index (χ0v) is 17.3. The Morgan fingerprint density at radius 2 is 2.04 bits per heavy atom. The lowest BCUT2D eigenvalue weighted by Gasteiger charge is -2.28. The first kappa shape index (κ1) is 18.9. The van der Waals surface area contributed by atoms with E-state index in [1.54, 1.807) is 23.1 Å². The minimum Gasteiger partial charge on any atom is -0.444 e. The summed E-state index contributed by atoms with van der Waals surface area (Å²) in [5.41, 5.74) is -0.585. The van der Waals surface area contributed by atoms with Gasteiger partial charge >= 0.3 is 6.09 Å². The van der Waals surface area contributed by atoms with Crippen LogP contribution in [0.1, 0.15) is 20.8 Å². The second kappa shape index (κ2) is 6.83. The Morgan fingerprint density at radius 1 is 1.38 bits per heavy atom. The van der Waals surface area contributed by atoms with Crippen LogP contribution in [0.4, 0.5) is 10.6 Å². The van der Waals surface area contributed by atoms with Crippen molar-refractivity contribution in [3.8, 4) is 0 Å². The van der Waals surface area contributed by atoms with E-state index in [1.807, 2.05) is 20.8 Å². The first-order chi connectivity index (χ1) is 11.0. The smallest absolute Gasteiger partial charge is 0.410 e. The molecule has 2 amide bonds. The van der Waals surface area contributed by atoms with Gasteiger partial charge in [0.2, 0.25) is 5.91 Å². The van der Waals surface area contributed by atoms with Crippen LogP contribution in [0.15, 0.2) is 22.8 Å². The van der Waals surface area contributed by atoms with Gasteiger partial charge in [-0.05, 0) is 54.9 Å². The van der Waals surface area contributed by atoms with Crippen LogP contribution in [-0.2, 0) is 9.53 Å². The molecule has 1 unspecified atom stereocenters. The van der Waals surface area contributed by atoms with Crippen LogP contribution in [0.2, 0.25) is 19.1 Å². The second-order valence-electron chi connectivity index (χ2n) is 7.83. The molecule has 2 rings (SSSR count). The predicted molar refractivity (Wildman–Crippen MR) is 99.6 cm³/mol. The highest BCUT2D eigenvalue weighted by atomic mass is 79.9. The Morgan fingerprint density at radius 3 is 2.62 bits per heavy atom. The average molecular weight is 414 g/mol. The molecular weight excluding hydrogens is 390 g/mol. The standard InChI is InChI=1S/C16H24BrN3O3Si/c1-16(2,3)23-15(22)20-10-24(4,5)9-11(20)14(21)19-13-8-6-7-12(17)18-13/h6-8,11H,9-10H2,1-5H3,(H,18,19,21). The molecule has 1 N–H and O–H groups in total. The first-order valence-corrected chi connectivity index (χ1v) is 12.1. The third-order valence-electron chi connectivity index (χ3n) is 3.62. The number of hydrogen-bond donors (Lipinski definition) is 1. The molecule has 0 aliphatic carbocycles. The summed E-state index contributed by atoms with van der Waals surface area (Å²) in [6.45, 7) is 9.82. The lowest BCUT2D eigenvalue weighted by Crippen LogP contribution is -2.45. The fourth-order valence-electron chi connectivity index (χ4n) is 2.70. The predicted octanol–water partition coefficient (Wildman–Crippen LogP) is 3.65. The molecule has 132 valence electrons. The molecule has 0 bridgehead atoms. The third kappa shape index (κ3) is 5.04. The molecule has 1 atom stereocenters. The van der Waals surface area contributed by atoms with Crippen molar-refractivity contribution in [2.45, 2.75) is 51.6 Å². The van der Waals surface area contributed by atoms with Crippen molar-refractivity contribution in [3.05, 3.63) is 22.8 Å². The maximum absolute atomic E-state index is 12.7. The summed E-state index contributed by atoms with van der Waals surface area (Å²) in [6, 6.07) is 5.51. The van der Waals surface area contributed by atoms with Crippen molar-refractivity contribution < 1.29 is 14.3 Å². The van der Waals surface area contributed by atoms with Gasteiger partial charge < -0.3 is 10.1 Å². The number of nitrogens with one attached hydrogen (secondary N) is 1. The fourth-order valence-corrected chi connectivity index (χ4v) is 5.90. The van der Waals surface area contributed by atoms with Gasteiger partial charge in [-0.15, -0.1) is 0 Å². The molecule has 1 aromatic rings. The molecule has 2 heterocycles. The summed E-state index contributed by atoms with van der Waals surface area (Å²) >= 11 is 3.28. The molecular formula is C16H24BrN3O3Si. The van der Waals surface area contributed by atoms with E-state index in [0.29, 0.717) is 22.6 Å². The Labute approximate surface area is 152 Å². The van der Waals surface area contributed by atoms with Crippen LogP contribution in [0.3, 0.4) is 0 Å². The van der Waals surface area contributed by atoms with Gasteiger partial charge in [-0.3, -0.25) is 9.69 Å².